The molecule has 0 saturated heterocycles. The van der Waals surface area contributed by atoms with E-state index in [1.54, 1.807) is 0 Å². The molecule has 0 bridgehead atoms. The Morgan fingerprint density at radius 2 is 2.18 bits per heavy atom. The van der Waals surface area contributed by atoms with E-state index >= 15 is 0 Å². The Hall–Kier alpha value is -2.24. The molecule has 0 aliphatic carbocycles. The van der Waals surface area contributed by atoms with Crippen molar-refractivity contribution in [2.75, 3.05) is 20.3 Å². The summed E-state index contributed by atoms with van der Waals surface area (Å²) >= 11 is 0. The van der Waals surface area contributed by atoms with Crippen molar-refractivity contribution in [3.8, 4) is 5.75 Å². The molecule has 7 nitrogen and oxygen atoms in total. The maximum absolute atomic E-state index is 11.4. The molecule has 2 N–H and O–H groups in total. The van der Waals surface area contributed by atoms with E-state index in [4.69, 9.17) is 16.0 Å². The lowest BCUT2D eigenvalue weighted by molar-refractivity contribution is -0.142. The number of ether oxygens (including phenoxy) is 2. The molecule has 0 fully saturated rings. The second-order valence-corrected chi connectivity index (χ2v) is 4.99. The Bertz CT molecular complexity index is 568. The third kappa shape index (κ3) is 4.95. The number of nitrogens with two attached hydrogens (primary N) is 1. The largest absolute Gasteiger partial charge is 0.493 e. The van der Waals surface area contributed by atoms with E-state index in [-0.39, 0.29) is 0 Å². The molecule has 1 rings (SSSR count). The number of carbonyl (C=O) groups is 1. The molecule has 0 spiro atoms. The maximum Gasteiger partial charge on any atom is 0.322 e. The molecule has 120 valence electrons. The highest BCUT2D eigenvalue weighted by Gasteiger charge is 2.17. The highest BCUT2D eigenvalue weighted by molar-refractivity contribution is 5.75. The number of benzene rings is 1. The van der Waals surface area contributed by atoms with Crippen LogP contribution < -0.4 is 10.5 Å². The number of carbonyl (C=O) groups excluding carboxylic acids is 1. The van der Waals surface area contributed by atoms with E-state index in [0.717, 1.165) is 22.4 Å². The Morgan fingerprint density at radius 3 is 2.82 bits per heavy atom. The van der Waals surface area contributed by atoms with Crippen LogP contribution in [0.3, 0.4) is 0 Å². The van der Waals surface area contributed by atoms with E-state index in [1.807, 2.05) is 26.0 Å². The molecule has 22 heavy (non-hydrogen) atoms. The summed E-state index contributed by atoms with van der Waals surface area (Å²) < 4.78 is 10.4. The van der Waals surface area contributed by atoms with Gasteiger partial charge in [-0.1, -0.05) is 17.2 Å². The summed E-state index contributed by atoms with van der Waals surface area (Å²) in [5.74, 6) is 0.354. The zero-order valence-corrected chi connectivity index (χ0v) is 13.2. The predicted octanol–water partition coefficient (Wildman–Crippen LogP) is 2.43. The number of hydrogen-bond donors (Lipinski definition) is 1. The Morgan fingerprint density at radius 1 is 1.45 bits per heavy atom. The first-order valence-electron chi connectivity index (χ1n) is 7.07. The molecule has 1 aromatic carbocycles. The zero-order valence-electron chi connectivity index (χ0n) is 13.2. The van der Waals surface area contributed by atoms with E-state index in [0.29, 0.717) is 26.0 Å². The molecule has 7 heteroatoms. The van der Waals surface area contributed by atoms with Gasteiger partial charge in [0.25, 0.3) is 0 Å². The summed E-state index contributed by atoms with van der Waals surface area (Å²) in [7, 11) is 1.32. The zero-order chi connectivity index (χ0) is 16.5. The van der Waals surface area contributed by atoms with Crippen molar-refractivity contribution >= 4 is 5.97 Å². The fourth-order valence-corrected chi connectivity index (χ4v) is 2.14. The van der Waals surface area contributed by atoms with Gasteiger partial charge in [-0.2, -0.15) is 0 Å². The smallest absolute Gasteiger partial charge is 0.322 e. The molecule has 0 heterocycles. The van der Waals surface area contributed by atoms with Crippen LogP contribution in [-0.4, -0.2) is 32.3 Å². The van der Waals surface area contributed by atoms with Gasteiger partial charge in [0, 0.05) is 11.5 Å². The van der Waals surface area contributed by atoms with Crippen molar-refractivity contribution in [2.24, 2.45) is 10.8 Å². The van der Waals surface area contributed by atoms with Crippen molar-refractivity contribution in [3.05, 3.63) is 39.3 Å². The summed E-state index contributed by atoms with van der Waals surface area (Å²) in [4.78, 5) is 14.1. The number of nitrogens with zero attached hydrogens (tertiary/aromatic N) is 3. The molecule has 0 radical (unpaired) electrons. The van der Waals surface area contributed by atoms with Gasteiger partial charge in [-0.25, -0.2) is 0 Å². The Labute approximate surface area is 130 Å². The lowest BCUT2D eigenvalue weighted by Crippen LogP contribution is -2.33. The summed E-state index contributed by atoms with van der Waals surface area (Å²) in [6, 6.07) is 3.19. The van der Waals surface area contributed by atoms with E-state index in [2.05, 4.69) is 14.8 Å². The monoisotopic (exact) mass is 306 g/mol. The van der Waals surface area contributed by atoms with E-state index < -0.39 is 12.0 Å². The van der Waals surface area contributed by atoms with Gasteiger partial charge in [0.15, 0.2) is 0 Å². The first kappa shape index (κ1) is 17.8. The second kappa shape index (κ2) is 8.92. The summed E-state index contributed by atoms with van der Waals surface area (Å²) in [6.07, 6.45) is 1.04. The highest BCUT2D eigenvalue weighted by Crippen LogP contribution is 2.27. The van der Waals surface area contributed by atoms with Crippen LogP contribution in [0.15, 0.2) is 17.2 Å². The van der Waals surface area contributed by atoms with E-state index in [9.17, 15) is 4.79 Å². The number of rotatable bonds is 8. The third-order valence-electron chi connectivity index (χ3n) is 3.37. The average molecular weight is 306 g/mol. The average Bonchev–Trinajstić information content (AvgIpc) is 2.51. The first-order chi connectivity index (χ1) is 10.5. The van der Waals surface area contributed by atoms with Crippen LogP contribution in [-0.2, 0) is 16.0 Å². The van der Waals surface area contributed by atoms with Crippen LogP contribution in [0.2, 0.25) is 0 Å². The molecule has 0 aromatic heterocycles. The minimum absolute atomic E-state index is 0.397. The molecule has 0 amide bonds. The Balaban J connectivity index is 2.79. The molecular weight excluding hydrogens is 284 g/mol. The summed E-state index contributed by atoms with van der Waals surface area (Å²) in [5.41, 5.74) is 17.0. The maximum atomic E-state index is 11.4. The van der Waals surface area contributed by atoms with Crippen LogP contribution in [0.25, 0.3) is 10.4 Å². The van der Waals surface area contributed by atoms with Gasteiger partial charge in [-0.15, -0.1) is 0 Å². The highest BCUT2D eigenvalue weighted by atomic mass is 16.5. The minimum Gasteiger partial charge on any atom is -0.493 e. The number of hydrogen-bond acceptors (Lipinski definition) is 5. The number of azide groups is 1. The van der Waals surface area contributed by atoms with Crippen LogP contribution in [0.5, 0.6) is 5.75 Å². The molecule has 1 atom stereocenters. The Kier molecular flexibility index (Phi) is 7.22. The van der Waals surface area contributed by atoms with Crippen LogP contribution in [0.1, 0.15) is 23.1 Å². The van der Waals surface area contributed by atoms with Crippen molar-refractivity contribution in [3.63, 3.8) is 0 Å². The first-order valence-corrected chi connectivity index (χ1v) is 7.07. The van der Waals surface area contributed by atoms with Gasteiger partial charge < -0.3 is 15.2 Å². The summed E-state index contributed by atoms with van der Waals surface area (Å²) in [5, 5.41) is 3.47. The normalized spacial score (nSPS) is 11.5. The van der Waals surface area contributed by atoms with Crippen LogP contribution in [0, 0.1) is 13.8 Å². The number of esters is 1. The third-order valence-corrected chi connectivity index (χ3v) is 3.37. The molecule has 0 aliphatic heterocycles. The fourth-order valence-electron chi connectivity index (χ4n) is 2.14. The minimum atomic E-state index is -0.691. The van der Waals surface area contributed by atoms with Crippen LogP contribution >= 0.6 is 0 Å². The van der Waals surface area contributed by atoms with Gasteiger partial charge in [0.2, 0.25) is 0 Å². The topological polar surface area (TPSA) is 110 Å². The number of methoxy groups -OCH3 is 1. The van der Waals surface area contributed by atoms with Gasteiger partial charge in [-0.05, 0) is 48.9 Å². The molecule has 0 unspecified atom stereocenters. The van der Waals surface area contributed by atoms with Crippen molar-refractivity contribution in [2.45, 2.75) is 32.7 Å². The SMILES string of the molecule is COC(=O)[C@H](N)Cc1ccc(C)c(OCCCN=[N+]=[N-])c1C. The second-order valence-electron chi connectivity index (χ2n) is 4.99. The molecule has 0 aliphatic rings. The van der Waals surface area contributed by atoms with Crippen molar-refractivity contribution < 1.29 is 14.3 Å². The molecular formula is C15H22N4O3. The van der Waals surface area contributed by atoms with Crippen molar-refractivity contribution in [1.82, 2.24) is 0 Å². The standard InChI is InChI=1S/C15H22N4O3/c1-10-5-6-12(9-13(16)15(20)21-3)11(2)14(10)22-8-4-7-18-19-17/h5-6,13H,4,7-9,16H2,1-3H3/t13-/m1/s1. The van der Waals surface area contributed by atoms with Crippen molar-refractivity contribution in [1.29, 1.82) is 0 Å². The lowest BCUT2D eigenvalue weighted by Gasteiger charge is -2.17. The molecule has 1 aromatic rings. The predicted molar refractivity (Wildman–Crippen MR) is 83.7 cm³/mol. The summed E-state index contributed by atoms with van der Waals surface area (Å²) in [6.45, 7) is 4.77. The quantitative estimate of drug-likeness (QED) is 0.261. The van der Waals surface area contributed by atoms with Gasteiger partial charge >= 0.3 is 5.97 Å². The van der Waals surface area contributed by atoms with Gasteiger partial charge in [-0.3, -0.25) is 4.79 Å². The number of aryl methyl sites for hydroxylation is 1. The lowest BCUT2D eigenvalue weighted by atomic mass is 9.98. The van der Waals surface area contributed by atoms with E-state index in [1.165, 1.54) is 7.11 Å². The van der Waals surface area contributed by atoms with Gasteiger partial charge in [0.1, 0.15) is 11.8 Å². The fraction of sp³-hybridized carbons (Fsp3) is 0.533. The van der Waals surface area contributed by atoms with Crippen LogP contribution in [0.4, 0.5) is 0 Å². The van der Waals surface area contributed by atoms with Gasteiger partial charge in [0.05, 0.1) is 13.7 Å². The molecule has 0 saturated carbocycles.